The van der Waals surface area contributed by atoms with Crippen LogP contribution in [-0.2, 0) is 0 Å². The molecule has 0 spiro atoms. The Balaban J connectivity index is 2.06. The maximum atomic E-state index is 10.3. The number of aryl methyl sites for hydroxylation is 1. The number of phenols is 1. The molecule has 0 bridgehead atoms. The van der Waals surface area contributed by atoms with Gasteiger partial charge in [-0.05, 0) is 67.1 Å². The average Bonchev–Trinajstić information content (AvgIpc) is 2.70. The van der Waals surface area contributed by atoms with E-state index in [2.05, 4.69) is 40.8 Å². The third kappa shape index (κ3) is 4.81. The standard InChI is InChI=1S/C22H24N2O2S/c1-15-4-9-21(26)19(12-15)20-13-17(14-22(24-20)23-10-3-11-25)16-5-7-18(27-2)8-6-16/h4-9,12-14,25-26H,3,10-11H2,1-2H3,(H,23,24). The number of hydrogen-bond donors (Lipinski definition) is 3. The van der Waals surface area contributed by atoms with E-state index in [1.165, 1.54) is 4.90 Å². The van der Waals surface area contributed by atoms with Gasteiger partial charge in [0.2, 0.25) is 0 Å². The normalized spacial score (nSPS) is 10.8. The van der Waals surface area contributed by atoms with Crippen LogP contribution in [0, 0.1) is 6.92 Å². The molecular weight excluding hydrogens is 356 g/mol. The van der Waals surface area contributed by atoms with Gasteiger partial charge in [-0.3, -0.25) is 0 Å². The van der Waals surface area contributed by atoms with Crippen LogP contribution in [0.4, 0.5) is 5.82 Å². The molecule has 0 radical (unpaired) electrons. The smallest absolute Gasteiger partial charge is 0.127 e. The van der Waals surface area contributed by atoms with E-state index in [4.69, 9.17) is 5.11 Å². The fraction of sp³-hybridized carbons (Fsp3) is 0.227. The first-order valence-corrected chi connectivity index (χ1v) is 10.1. The van der Waals surface area contributed by atoms with Crippen molar-refractivity contribution in [1.29, 1.82) is 0 Å². The number of anilines is 1. The van der Waals surface area contributed by atoms with Crippen molar-refractivity contribution in [2.75, 3.05) is 24.7 Å². The first-order valence-electron chi connectivity index (χ1n) is 8.92. The van der Waals surface area contributed by atoms with E-state index in [9.17, 15) is 5.11 Å². The molecule has 4 nitrogen and oxygen atoms in total. The summed E-state index contributed by atoms with van der Waals surface area (Å²) in [6.07, 6.45) is 2.71. The number of nitrogens with zero attached hydrogens (tertiary/aromatic N) is 1. The van der Waals surface area contributed by atoms with Crippen LogP contribution in [0.2, 0.25) is 0 Å². The number of aliphatic hydroxyl groups excluding tert-OH is 1. The van der Waals surface area contributed by atoms with Crippen LogP contribution in [-0.4, -0.2) is 34.6 Å². The second-order valence-corrected chi connectivity index (χ2v) is 7.26. The molecule has 0 unspecified atom stereocenters. The minimum absolute atomic E-state index is 0.133. The summed E-state index contributed by atoms with van der Waals surface area (Å²) in [6.45, 7) is 2.76. The Kier molecular flexibility index (Phi) is 6.37. The fourth-order valence-corrected chi connectivity index (χ4v) is 3.27. The maximum absolute atomic E-state index is 10.3. The average molecular weight is 381 g/mol. The van der Waals surface area contributed by atoms with E-state index >= 15 is 0 Å². The van der Waals surface area contributed by atoms with Crippen molar-refractivity contribution in [2.24, 2.45) is 0 Å². The van der Waals surface area contributed by atoms with Gasteiger partial charge in [0.15, 0.2) is 0 Å². The molecule has 1 heterocycles. The van der Waals surface area contributed by atoms with Gasteiger partial charge in [-0.2, -0.15) is 0 Å². The molecule has 0 fully saturated rings. The number of aromatic nitrogens is 1. The SMILES string of the molecule is CSc1ccc(-c2cc(NCCCO)nc(-c3cc(C)ccc3O)c2)cc1. The highest BCUT2D eigenvalue weighted by molar-refractivity contribution is 7.98. The molecule has 0 saturated carbocycles. The predicted molar refractivity (Wildman–Crippen MR) is 113 cm³/mol. The van der Waals surface area contributed by atoms with Crippen molar-refractivity contribution in [2.45, 2.75) is 18.2 Å². The highest BCUT2D eigenvalue weighted by atomic mass is 32.2. The third-order valence-corrected chi connectivity index (χ3v) is 5.06. The molecule has 0 aliphatic rings. The maximum Gasteiger partial charge on any atom is 0.127 e. The minimum Gasteiger partial charge on any atom is -0.507 e. The summed E-state index contributed by atoms with van der Waals surface area (Å²) in [5.41, 5.74) is 4.61. The molecule has 3 rings (SSSR count). The van der Waals surface area contributed by atoms with Crippen LogP contribution in [0.25, 0.3) is 22.4 Å². The van der Waals surface area contributed by atoms with Crippen LogP contribution in [0.5, 0.6) is 5.75 Å². The molecule has 0 aliphatic carbocycles. The fourth-order valence-electron chi connectivity index (χ4n) is 2.86. The molecule has 3 N–H and O–H groups in total. The number of rotatable bonds is 7. The Morgan fingerprint density at radius 2 is 1.78 bits per heavy atom. The third-order valence-electron chi connectivity index (χ3n) is 4.32. The molecule has 0 saturated heterocycles. The van der Waals surface area contributed by atoms with Gasteiger partial charge in [0.25, 0.3) is 0 Å². The van der Waals surface area contributed by atoms with Gasteiger partial charge < -0.3 is 15.5 Å². The van der Waals surface area contributed by atoms with Gasteiger partial charge in [0.1, 0.15) is 11.6 Å². The summed E-state index contributed by atoms with van der Waals surface area (Å²) >= 11 is 1.71. The summed E-state index contributed by atoms with van der Waals surface area (Å²) in [4.78, 5) is 5.89. The largest absolute Gasteiger partial charge is 0.507 e. The molecule has 1 aromatic heterocycles. The highest BCUT2D eigenvalue weighted by Gasteiger charge is 2.11. The molecule has 2 aromatic carbocycles. The van der Waals surface area contributed by atoms with Crippen LogP contribution in [0.3, 0.4) is 0 Å². The van der Waals surface area contributed by atoms with Crippen LogP contribution in [0.15, 0.2) is 59.5 Å². The second-order valence-electron chi connectivity index (χ2n) is 6.38. The number of aliphatic hydroxyl groups is 1. The van der Waals surface area contributed by atoms with Gasteiger partial charge >= 0.3 is 0 Å². The van der Waals surface area contributed by atoms with Crippen molar-refractivity contribution in [3.63, 3.8) is 0 Å². The van der Waals surface area contributed by atoms with Crippen molar-refractivity contribution in [1.82, 2.24) is 4.98 Å². The molecular formula is C22H24N2O2S. The molecule has 27 heavy (non-hydrogen) atoms. The Morgan fingerprint density at radius 3 is 2.48 bits per heavy atom. The molecule has 3 aromatic rings. The van der Waals surface area contributed by atoms with E-state index in [0.717, 1.165) is 22.5 Å². The van der Waals surface area contributed by atoms with Gasteiger partial charge in [0.05, 0.1) is 5.69 Å². The summed E-state index contributed by atoms with van der Waals surface area (Å²) in [5.74, 6) is 0.940. The van der Waals surface area contributed by atoms with E-state index < -0.39 is 0 Å². The summed E-state index contributed by atoms with van der Waals surface area (Å²) in [6, 6.07) is 17.9. The summed E-state index contributed by atoms with van der Waals surface area (Å²) in [5, 5.41) is 22.6. The zero-order chi connectivity index (χ0) is 19.2. The van der Waals surface area contributed by atoms with Gasteiger partial charge in [-0.15, -0.1) is 11.8 Å². The van der Waals surface area contributed by atoms with Crippen molar-refractivity contribution >= 4 is 17.6 Å². The van der Waals surface area contributed by atoms with Gasteiger partial charge in [-0.1, -0.05) is 23.8 Å². The van der Waals surface area contributed by atoms with E-state index in [0.29, 0.717) is 24.2 Å². The number of nitrogens with one attached hydrogen (secondary N) is 1. The van der Waals surface area contributed by atoms with E-state index in [-0.39, 0.29) is 12.4 Å². The van der Waals surface area contributed by atoms with E-state index in [1.54, 1.807) is 17.8 Å². The zero-order valence-corrected chi connectivity index (χ0v) is 16.4. The minimum atomic E-state index is 0.133. The summed E-state index contributed by atoms with van der Waals surface area (Å²) < 4.78 is 0. The lowest BCUT2D eigenvalue weighted by atomic mass is 10.0. The molecule has 140 valence electrons. The van der Waals surface area contributed by atoms with Gasteiger partial charge in [0, 0.05) is 23.6 Å². The van der Waals surface area contributed by atoms with Crippen molar-refractivity contribution in [3.8, 4) is 28.1 Å². The molecule has 0 amide bonds. The van der Waals surface area contributed by atoms with Crippen molar-refractivity contribution in [3.05, 3.63) is 60.2 Å². The lowest BCUT2D eigenvalue weighted by Gasteiger charge is -2.13. The molecule has 5 heteroatoms. The second kappa shape index (κ2) is 8.93. The number of thioether (sulfide) groups is 1. The number of hydrogen-bond acceptors (Lipinski definition) is 5. The van der Waals surface area contributed by atoms with E-state index in [1.807, 2.05) is 31.2 Å². The number of aromatic hydroxyl groups is 1. The predicted octanol–water partition coefficient (Wildman–Crippen LogP) is 4.95. The molecule has 0 atom stereocenters. The molecule has 0 aliphatic heterocycles. The lowest BCUT2D eigenvalue weighted by molar-refractivity contribution is 0.292. The Morgan fingerprint density at radius 1 is 1.00 bits per heavy atom. The Bertz CT molecular complexity index is 911. The highest BCUT2D eigenvalue weighted by Crippen LogP contribution is 2.33. The first-order chi connectivity index (χ1) is 13.1. The number of phenolic OH excluding ortho intramolecular Hbond substituents is 1. The monoisotopic (exact) mass is 380 g/mol. The zero-order valence-electron chi connectivity index (χ0n) is 15.6. The Labute approximate surface area is 164 Å². The number of benzene rings is 2. The van der Waals surface area contributed by atoms with Crippen LogP contribution < -0.4 is 5.32 Å². The van der Waals surface area contributed by atoms with Crippen LogP contribution >= 0.6 is 11.8 Å². The Hall–Kier alpha value is -2.50. The number of pyridine rings is 1. The van der Waals surface area contributed by atoms with Crippen LogP contribution in [0.1, 0.15) is 12.0 Å². The van der Waals surface area contributed by atoms with Crippen molar-refractivity contribution < 1.29 is 10.2 Å². The lowest BCUT2D eigenvalue weighted by Crippen LogP contribution is -2.05. The topological polar surface area (TPSA) is 65.4 Å². The first kappa shape index (κ1) is 19.3. The summed E-state index contributed by atoms with van der Waals surface area (Å²) in [7, 11) is 0. The van der Waals surface area contributed by atoms with Gasteiger partial charge in [-0.25, -0.2) is 4.98 Å². The quantitative estimate of drug-likeness (QED) is 0.400.